The molecule has 1 aliphatic heterocycles. The molecule has 1 N–H and O–H groups in total. The predicted octanol–water partition coefficient (Wildman–Crippen LogP) is 6.10. The lowest BCUT2D eigenvalue weighted by molar-refractivity contribution is -0.132. The summed E-state index contributed by atoms with van der Waals surface area (Å²) in [5.74, 6) is 1.71. The number of hydrogen-bond acceptors (Lipinski definition) is 4. The van der Waals surface area contributed by atoms with E-state index < -0.39 is 0 Å². The standard InChI is InChI=1S/C29H38ClN3O3/c1-21(2)18-29(35)33-16-14-32(15-17-33)27-13-10-24(19-26(27)30)31-28(34)20-36-25-11-8-23(9-12-25)22-6-4-3-5-7-22/h8-13,19,21-22H,3-7,14-18,20H2,1-2H3,(H,31,34). The van der Waals surface area contributed by atoms with Crippen molar-refractivity contribution in [2.45, 2.75) is 58.3 Å². The average Bonchev–Trinajstić information content (AvgIpc) is 2.88. The average molecular weight is 512 g/mol. The van der Waals surface area contributed by atoms with Gasteiger partial charge in [-0.1, -0.05) is 56.8 Å². The van der Waals surface area contributed by atoms with Gasteiger partial charge in [-0.2, -0.15) is 0 Å². The Morgan fingerprint density at radius 2 is 1.69 bits per heavy atom. The van der Waals surface area contributed by atoms with Gasteiger partial charge in [0.1, 0.15) is 5.75 Å². The zero-order valence-corrected chi connectivity index (χ0v) is 22.2. The normalized spacial score (nSPS) is 16.8. The zero-order valence-electron chi connectivity index (χ0n) is 21.5. The Morgan fingerprint density at radius 1 is 1.00 bits per heavy atom. The third kappa shape index (κ3) is 7.16. The van der Waals surface area contributed by atoms with E-state index in [9.17, 15) is 9.59 Å². The van der Waals surface area contributed by atoms with Crippen LogP contribution >= 0.6 is 11.6 Å². The van der Waals surface area contributed by atoms with Gasteiger partial charge in [-0.05, 0) is 60.6 Å². The molecule has 2 amide bonds. The molecule has 0 aromatic heterocycles. The Morgan fingerprint density at radius 3 is 2.33 bits per heavy atom. The number of halogens is 1. The summed E-state index contributed by atoms with van der Waals surface area (Å²) in [6, 6.07) is 13.7. The van der Waals surface area contributed by atoms with E-state index in [0.717, 1.165) is 18.8 Å². The van der Waals surface area contributed by atoms with Gasteiger partial charge in [0.25, 0.3) is 5.91 Å². The van der Waals surface area contributed by atoms with Gasteiger partial charge in [0.2, 0.25) is 5.91 Å². The van der Waals surface area contributed by atoms with E-state index in [1.54, 1.807) is 6.07 Å². The largest absolute Gasteiger partial charge is 0.484 e. The van der Waals surface area contributed by atoms with Gasteiger partial charge in [-0.25, -0.2) is 0 Å². The van der Waals surface area contributed by atoms with E-state index >= 15 is 0 Å². The summed E-state index contributed by atoms with van der Waals surface area (Å²) in [5.41, 5.74) is 2.92. The molecule has 2 aromatic carbocycles. The molecule has 2 aliphatic rings. The van der Waals surface area contributed by atoms with Crippen LogP contribution < -0.4 is 15.0 Å². The Balaban J connectivity index is 1.24. The summed E-state index contributed by atoms with van der Waals surface area (Å²) in [7, 11) is 0. The van der Waals surface area contributed by atoms with Crippen LogP contribution in [-0.4, -0.2) is 49.5 Å². The first-order valence-corrected chi connectivity index (χ1v) is 13.6. The quantitative estimate of drug-likeness (QED) is 0.465. The molecule has 1 aliphatic carbocycles. The molecule has 0 radical (unpaired) electrons. The monoisotopic (exact) mass is 511 g/mol. The fraction of sp³-hybridized carbons (Fsp3) is 0.517. The van der Waals surface area contributed by atoms with Crippen molar-refractivity contribution in [2.24, 2.45) is 5.92 Å². The molecule has 0 unspecified atom stereocenters. The van der Waals surface area contributed by atoms with Crippen LogP contribution in [0.2, 0.25) is 5.02 Å². The summed E-state index contributed by atoms with van der Waals surface area (Å²) < 4.78 is 5.70. The van der Waals surface area contributed by atoms with Crippen molar-refractivity contribution < 1.29 is 14.3 Å². The number of amides is 2. The molecule has 36 heavy (non-hydrogen) atoms. The molecule has 4 rings (SSSR count). The number of anilines is 2. The number of benzene rings is 2. The van der Waals surface area contributed by atoms with Crippen LogP contribution in [0.5, 0.6) is 5.75 Å². The fourth-order valence-electron chi connectivity index (χ4n) is 5.13. The maximum atomic E-state index is 12.4. The number of carbonyl (C=O) groups is 2. The van der Waals surface area contributed by atoms with Crippen molar-refractivity contribution in [1.29, 1.82) is 0 Å². The Labute approximate surface area is 219 Å². The molecule has 6 nitrogen and oxygen atoms in total. The summed E-state index contributed by atoms with van der Waals surface area (Å²) in [5, 5.41) is 3.44. The van der Waals surface area contributed by atoms with Crippen molar-refractivity contribution in [3.8, 4) is 5.75 Å². The molecule has 1 heterocycles. The number of piperazine rings is 1. The van der Waals surface area contributed by atoms with Gasteiger partial charge in [-0.3, -0.25) is 9.59 Å². The molecule has 0 spiro atoms. The van der Waals surface area contributed by atoms with Gasteiger partial charge < -0.3 is 19.9 Å². The van der Waals surface area contributed by atoms with Crippen LogP contribution in [0.3, 0.4) is 0 Å². The van der Waals surface area contributed by atoms with Gasteiger partial charge in [0.05, 0.1) is 10.7 Å². The maximum absolute atomic E-state index is 12.4. The van der Waals surface area contributed by atoms with Crippen LogP contribution in [0, 0.1) is 5.92 Å². The molecular weight excluding hydrogens is 474 g/mol. The summed E-state index contributed by atoms with van der Waals surface area (Å²) in [6.07, 6.45) is 7.08. The van der Waals surface area contributed by atoms with Crippen LogP contribution in [-0.2, 0) is 9.59 Å². The Bertz CT molecular complexity index is 1030. The molecule has 2 aromatic rings. The highest BCUT2D eigenvalue weighted by molar-refractivity contribution is 6.33. The zero-order chi connectivity index (χ0) is 25.5. The highest BCUT2D eigenvalue weighted by atomic mass is 35.5. The third-order valence-corrected chi connectivity index (χ3v) is 7.42. The number of ether oxygens (including phenoxy) is 1. The molecule has 2 fully saturated rings. The molecular formula is C29H38ClN3O3. The van der Waals surface area contributed by atoms with Crippen molar-refractivity contribution in [2.75, 3.05) is 43.0 Å². The predicted molar refractivity (Wildman–Crippen MR) is 146 cm³/mol. The second-order valence-electron chi connectivity index (χ2n) is 10.4. The molecule has 194 valence electrons. The van der Waals surface area contributed by atoms with Crippen LogP contribution in [0.1, 0.15) is 63.9 Å². The van der Waals surface area contributed by atoms with Gasteiger partial charge >= 0.3 is 0 Å². The number of rotatable bonds is 8. The van der Waals surface area contributed by atoms with Gasteiger partial charge in [-0.15, -0.1) is 0 Å². The molecule has 1 saturated carbocycles. The summed E-state index contributed by atoms with van der Waals surface area (Å²) in [6.45, 7) is 6.93. The van der Waals surface area contributed by atoms with E-state index in [-0.39, 0.29) is 18.4 Å². The van der Waals surface area contributed by atoms with E-state index in [0.29, 0.717) is 47.8 Å². The first-order chi connectivity index (χ1) is 17.4. The van der Waals surface area contributed by atoms with Crippen LogP contribution in [0.15, 0.2) is 42.5 Å². The minimum Gasteiger partial charge on any atom is -0.484 e. The van der Waals surface area contributed by atoms with Crippen molar-refractivity contribution in [3.05, 3.63) is 53.1 Å². The van der Waals surface area contributed by atoms with Crippen LogP contribution in [0.25, 0.3) is 0 Å². The number of carbonyl (C=O) groups excluding carboxylic acids is 2. The minimum absolute atomic E-state index is 0.0610. The van der Waals surface area contributed by atoms with Crippen molar-refractivity contribution in [1.82, 2.24) is 4.90 Å². The summed E-state index contributed by atoms with van der Waals surface area (Å²) in [4.78, 5) is 28.9. The smallest absolute Gasteiger partial charge is 0.262 e. The molecule has 0 atom stereocenters. The summed E-state index contributed by atoms with van der Waals surface area (Å²) >= 11 is 6.56. The van der Waals surface area contributed by atoms with E-state index in [2.05, 4.69) is 36.2 Å². The van der Waals surface area contributed by atoms with E-state index in [1.807, 2.05) is 29.2 Å². The Hall–Kier alpha value is -2.73. The van der Waals surface area contributed by atoms with E-state index in [1.165, 1.54) is 37.7 Å². The first-order valence-electron chi connectivity index (χ1n) is 13.2. The number of nitrogens with zero attached hydrogens (tertiary/aromatic N) is 2. The van der Waals surface area contributed by atoms with Crippen molar-refractivity contribution >= 4 is 34.8 Å². The lowest BCUT2D eigenvalue weighted by Crippen LogP contribution is -2.49. The highest BCUT2D eigenvalue weighted by Gasteiger charge is 2.23. The fourth-order valence-corrected chi connectivity index (χ4v) is 5.43. The van der Waals surface area contributed by atoms with Crippen molar-refractivity contribution in [3.63, 3.8) is 0 Å². The molecule has 7 heteroatoms. The molecule has 1 saturated heterocycles. The Kier molecular flexibility index (Phi) is 9.13. The lowest BCUT2D eigenvalue weighted by atomic mass is 9.84. The number of hydrogen-bond donors (Lipinski definition) is 1. The molecule has 0 bridgehead atoms. The van der Waals surface area contributed by atoms with E-state index in [4.69, 9.17) is 16.3 Å². The SMILES string of the molecule is CC(C)CC(=O)N1CCN(c2ccc(NC(=O)COc3ccc(C4CCCCC4)cc3)cc2Cl)CC1. The first kappa shape index (κ1) is 26.3. The topological polar surface area (TPSA) is 61.9 Å². The maximum Gasteiger partial charge on any atom is 0.262 e. The lowest BCUT2D eigenvalue weighted by Gasteiger charge is -2.36. The number of nitrogens with one attached hydrogen (secondary N) is 1. The van der Waals surface area contributed by atoms with Gasteiger partial charge in [0.15, 0.2) is 6.61 Å². The third-order valence-electron chi connectivity index (χ3n) is 7.11. The highest BCUT2D eigenvalue weighted by Crippen LogP contribution is 2.33. The minimum atomic E-state index is -0.229. The second-order valence-corrected chi connectivity index (χ2v) is 10.8. The van der Waals surface area contributed by atoms with Crippen LogP contribution in [0.4, 0.5) is 11.4 Å². The van der Waals surface area contributed by atoms with Gasteiger partial charge in [0, 0.05) is 38.3 Å². The second kappa shape index (κ2) is 12.5.